The Morgan fingerprint density at radius 1 is 0.976 bits per heavy atom. The monoisotopic (exact) mass is 559 g/mol. The summed E-state index contributed by atoms with van der Waals surface area (Å²) in [6, 6.07) is 19.5. The second-order valence-electron chi connectivity index (χ2n) is 10.6. The minimum Gasteiger partial charge on any atom is -0.356 e. The maximum absolute atomic E-state index is 13.0. The van der Waals surface area contributed by atoms with Crippen LogP contribution in [0.25, 0.3) is 22.6 Å². The molecule has 5 aromatic rings. The number of hydrogen-bond acceptors (Lipinski definition) is 8. The Hall–Kier alpha value is -4.73. The predicted octanol–water partition coefficient (Wildman–Crippen LogP) is 5.06. The van der Waals surface area contributed by atoms with Gasteiger partial charge in [0.05, 0.1) is 11.4 Å². The van der Waals surface area contributed by atoms with Gasteiger partial charge < -0.3 is 15.2 Å². The van der Waals surface area contributed by atoms with Gasteiger partial charge in [0.1, 0.15) is 5.82 Å². The van der Waals surface area contributed by atoms with Gasteiger partial charge in [0.25, 0.3) is 5.91 Å². The number of pyridine rings is 1. The summed E-state index contributed by atoms with van der Waals surface area (Å²) in [6.07, 6.45) is 5.81. The molecule has 6 rings (SSSR count). The molecule has 2 aromatic carbocycles. The molecule has 3 aromatic heterocycles. The first kappa shape index (κ1) is 27.4. The second kappa shape index (κ2) is 12.4. The highest BCUT2D eigenvalue weighted by molar-refractivity contribution is 6.04. The molecule has 1 fully saturated rings. The lowest BCUT2D eigenvalue weighted by Gasteiger charge is -2.27. The third-order valence-corrected chi connectivity index (χ3v) is 7.44. The van der Waals surface area contributed by atoms with Crippen molar-refractivity contribution in [3.8, 4) is 22.6 Å². The van der Waals surface area contributed by atoms with Crippen LogP contribution in [0.3, 0.4) is 0 Å². The molecule has 0 unspecified atom stereocenters. The highest BCUT2D eigenvalue weighted by Gasteiger charge is 2.13. The minimum absolute atomic E-state index is 0.133. The number of rotatable bonds is 8. The van der Waals surface area contributed by atoms with E-state index in [1.54, 1.807) is 18.6 Å². The molecule has 1 aliphatic heterocycles. The molecule has 1 aliphatic rings. The zero-order valence-corrected chi connectivity index (χ0v) is 23.8. The van der Waals surface area contributed by atoms with E-state index in [1.807, 2.05) is 67.6 Å². The van der Waals surface area contributed by atoms with Crippen LogP contribution in [0.4, 0.5) is 5.69 Å². The molecular formula is C33H33N7O2. The lowest BCUT2D eigenvalue weighted by Crippen LogP contribution is -2.42. The molecule has 1 saturated heterocycles. The Labute approximate surface area is 245 Å². The van der Waals surface area contributed by atoms with Gasteiger partial charge in [-0.25, -0.2) is 9.97 Å². The normalized spacial score (nSPS) is 13.7. The molecule has 42 heavy (non-hydrogen) atoms. The number of aryl methyl sites for hydroxylation is 2. The fourth-order valence-corrected chi connectivity index (χ4v) is 5.06. The maximum atomic E-state index is 13.0. The van der Waals surface area contributed by atoms with Crippen LogP contribution in [0.1, 0.15) is 38.6 Å². The molecule has 0 saturated carbocycles. The summed E-state index contributed by atoms with van der Waals surface area (Å²) in [6.45, 7) is 8.96. The number of hydrogen-bond donors (Lipinski definition) is 2. The number of carbonyl (C=O) groups is 1. The van der Waals surface area contributed by atoms with Gasteiger partial charge in [-0.1, -0.05) is 23.4 Å². The Kier molecular flexibility index (Phi) is 8.12. The summed E-state index contributed by atoms with van der Waals surface area (Å²) in [5.41, 5.74) is 8.01. The van der Waals surface area contributed by atoms with E-state index in [4.69, 9.17) is 9.51 Å². The fourth-order valence-electron chi connectivity index (χ4n) is 5.06. The first-order chi connectivity index (χ1) is 20.5. The minimum atomic E-state index is -0.133. The van der Waals surface area contributed by atoms with E-state index in [9.17, 15) is 4.79 Å². The second-order valence-corrected chi connectivity index (χ2v) is 10.6. The number of nitrogens with one attached hydrogen (secondary N) is 2. The molecule has 9 heteroatoms. The quantitative estimate of drug-likeness (QED) is 0.272. The lowest BCUT2D eigenvalue weighted by molar-refractivity contribution is 0.102. The topological polar surface area (TPSA) is 109 Å². The highest BCUT2D eigenvalue weighted by Crippen LogP contribution is 2.25. The Bertz CT molecular complexity index is 1690. The van der Waals surface area contributed by atoms with Crippen LogP contribution in [0, 0.1) is 13.8 Å². The highest BCUT2D eigenvalue weighted by atomic mass is 16.5. The SMILES string of the molecule is Cc1cc(-c2cncc(-c3ccnc(Cc4cc(NC(=O)c5ccc(CN6CCNCC6)cc5)ccc4C)n3)c2)on1. The summed E-state index contributed by atoms with van der Waals surface area (Å²) in [5, 5.41) is 10.4. The van der Waals surface area contributed by atoms with Crippen molar-refractivity contribution < 1.29 is 9.32 Å². The van der Waals surface area contributed by atoms with E-state index in [1.165, 1.54) is 5.56 Å². The van der Waals surface area contributed by atoms with Crippen molar-refractivity contribution in [3.63, 3.8) is 0 Å². The predicted molar refractivity (Wildman–Crippen MR) is 162 cm³/mol. The first-order valence-corrected chi connectivity index (χ1v) is 14.1. The van der Waals surface area contributed by atoms with E-state index in [2.05, 4.69) is 37.6 Å². The van der Waals surface area contributed by atoms with Gasteiger partial charge >= 0.3 is 0 Å². The van der Waals surface area contributed by atoms with Gasteiger partial charge in [-0.3, -0.25) is 14.7 Å². The van der Waals surface area contributed by atoms with Crippen molar-refractivity contribution in [3.05, 3.63) is 113 Å². The van der Waals surface area contributed by atoms with Crippen LogP contribution in [-0.4, -0.2) is 57.1 Å². The van der Waals surface area contributed by atoms with Crippen LogP contribution in [0.2, 0.25) is 0 Å². The van der Waals surface area contributed by atoms with E-state index in [0.29, 0.717) is 23.6 Å². The Morgan fingerprint density at radius 2 is 1.79 bits per heavy atom. The largest absolute Gasteiger partial charge is 0.356 e. The van der Waals surface area contributed by atoms with Crippen molar-refractivity contribution in [1.29, 1.82) is 0 Å². The molecule has 1 amide bonds. The maximum Gasteiger partial charge on any atom is 0.255 e. The van der Waals surface area contributed by atoms with E-state index in [0.717, 1.165) is 72.1 Å². The van der Waals surface area contributed by atoms with Crippen molar-refractivity contribution in [2.24, 2.45) is 0 Å². The zero-order chi connectivity index (χ0) is 28.9. The third kappa shape index (κ3) is 6.59. The van der Waals surface area contributed by atoms with Gasteiger partial charge in [0.15, 0.2) is 5.76 Å². The number of carbonyl (C=O) groups excluding carboxylic acids is 1. The molecule has 0 spiro atoms. The Balaban J connectivity index is 1.14. The summed E-state index contributed by atoms with van der Waals surface area (Å²) in [5.74, 6) is 1.21. The average Bonchev–Trinajstić information content (AvgIpc) is 3.46. The molecule has 0 bridgehead atoms. The Morgan fingerprint density at radius 3 is 2.57 bits per heavy atom. The molecule has 9 nitrogen and oxygen atoms in total. The van der Waals surface area contributed by atoms with Crippen molar-refractivity contribution >= 4 is 11.6 Å². The number of nitrogens with zero attached hydrogens (tertiary/aromatic N) is 5. The first-order valence-electron chi connectivity index (χ1n) is 14.1. The van der Waals surface area contributed by atoms with Crippen molar-refractivity contribution in [2.75, 3.05) is 31.5 Å². The van der Waals surface area contributed by atoms with Crippen molar-refractivity contribution in [2.45, 2.75) is 26.8 Å². The van der Waals surface area contributed by atoms with Crippen LogP contribution >= 0.6 is 0 Å². The molecule has 0 atom stereocenters. The van der Waals surface area contributed by atoms with Crippen LogP contribution < -0.4 is 10.6 Å². The molecule has 0 radical (unpaired) electrons. The molecule has 212 valence electrons. The van der Waals surface area contributed by atoms with Crippen molar-refractivity contribution in [1.82, 2.24) is 30.3 Å². The number of aromatic nitrogens is 4. The molecular weight excluding hydrogens is 526 g/mol. The summed E-state index contributed by atoms with van der Waals surface area (Å²) in [7, 11) is 0. The number of benzene rings is 2. The van der Waals surface area contributed by atoms with Gasteiger partial charge in [-0.15, -0.1) is 0 Å². The van der Waals surface area contributed by atoms with Gasteiger partial charge in [-0.05, 0) is 66.9 Å². The number of anilines is 1. The summed E-state index contributed by atoms with van der Waals surface area (Å²) < 4.78 is 5.40. The number of amides is 1. The third-order valence-electron chi connectivity index (χ3n) is 7.44. The average molecular weight is 560 g/mol. The molecule has 0 aliphatic carbocycles. The summed E-state index contributed by atoms with van der Waals surface area (Å²) >= 11 is 0. The summed E-state index contributed by atoms with van der Waals surface area (Å²) in [4.78, 5) is 29.2. The van der Waals surface area contributed by atoms with E-state index < -0.39 is 0 Å². The van der Waals surface area contributed by atoms with Gasteiger partial charge in [-0.2, -0.15) is 0 Å². The number of piperazine rings is 1. The standard InChI is InChI=1S/C33H33N7O2/c1-22-3-8-29(37-33(41)25-6-4-24(5-7-25)21-40-13-11-34-12-14-40)17-26(22)18-32-36-10-9-30(38-32)27-16-28(20-35-19-27)31-15-23(2)39-42-31/h3-10,15-17,19-20,34H,11-14,18,21H2,1-2H3,(H,37,41). The molecule has 4 heterocycles. The smallest absolute Gasteiger partial charge is 0.255 e. The van der Waals surface area contributed by atoms with Crippen LogP contribution in [0.15, 0.2) is 83.8 Å². The lowest BCUT2D eigenvalue weighted by atomic mass is 10.0. The van der Waals surface area contributed by atoms with E-state index in [-0.39, 0.29) is 5.91 Å². The van der Waals surface area contributed by atoms with E-state index >= 15 is 0 Å². The van der Waals surface area contributed by atoms with Crippen LogP contribution in [-0.2, 0) is 13.0 Å². The fraction of sp³-hybridized carbons (Fsp3) is 0.242. The van der Waals surface area contributed by atoms with Crippen LogP contribution in [0.5, 0.6) is 0 Å². The van der Waals surface area contributed by atoms with Gasteiger partial charge in [0.2, 0.25) is 0 Å². The molecule has 2 N–H and O–H groups in total. The van der Waals surface area contributed by atoms with Gasteiger partial charge in [0, 0.05) is 86.2 Å². The zero-order valence-electron chi connectivity index (χ0n) is 23.8.